The van der Waals surface area contributed by atoms with Gasteiger partial charge in [-0.05, 0) is 6.42 Å². The van der Waals surface area contributed by atoms with E-state index < -0.39 is 11.9 Å². The summed E-state index contributed by atoms with van der Waals surface area (Å²) in [6.07, 6.45) is 1.77. The Bertz CT molecular complexity index is 168. The highest BCUT2D eigenvalue weighted by Crippen LogP contribution is 1.82. The van der Waals surface area contributed by atoms with Gasteiger partial charge < -0.3 is 10.2 Å². The van der Waals surface area contributed by atoms with Crippen LogP contribution >= 0.6 is 0 Å². The van der Waals surface area contributed by atoms with Crippen molar-refractivity contribution in [1.29, 1.82) is 5.41 Å². The van der Waals surface area contributed by atoms with E-state index in [4.69, 9.17) is 25.2 Å². The smallest absolute Gasteiger partial charge is 0.303 e. The van der Waals surface area contributed by atoms with E-state index in [1.807, 2.05) is 6.92 Å². The molecule has 13 heavy (non-hydrogen) atoms. The second kappa shape index (κ2) is 16.7. The number of isocyanates is 1. The van der Waals surface area contributed by atoms with Gasteiger partial charge in [0.25, 0.3) is 5.97 Å². The van der Waals surface area contributed by atoms with Gasteiger partial charge in [0.05, 0.1) is 0 Å². The lowest BCUT2D eigenvalue weighted by Crippen LogP contribution is -1.90. The molecule has 0 heterocycles. The Morgan fingerprint density at radius 2 is 1.62 bits per heavy atom. The average molecular weight is 191 g/mol. The Morgan fingerprint density at radius 3 is 1.62 bits per heavy atom. The molecule has 0 aliphatic rings. The van der Waals surface area contributed by atoms with Crippen LogP contribution in [0.3, 0.4) is 0 Å². The molecule has 0 aliphatic carbocycles. The maximum absolute atomic E-state index is 9.60. The molecule has 0 radical (unpaired) electrons. The minimum Gasteiger partial charge on any atom is -0.481 e. The van der Waals surface area contributed by atoms with Crippen molar-refractivity contribution < 1.29 is 24.6 Å². The number of rotatable bonds is 2. The van der Waals surface area contributed by atoms with Crippen molar-refractivity contribution in [3.63, 3.8) is 0 Å². The van der Waals surface area contributed by atoms with Crippen LogP contribution in [0.15, 0.2) is 0 Å². The second-order valence-electron chi connectivity index (χ2n) is 1.76. The summed E-state index contributed by atoms with van der Waals surface area (Å²) in [5, 5.41) is 20.7. The largest absolute Gasteiger partial charge is 0.481 e. The minimum absolute atomic E-state index is 0.292. The highest BCUT2D eigenvalue weighted by atomic mass is 16.4. The maximum atomic E-state index is 9.60. The van der Waals surface area contributed by atoms with Gasteiger partial charge in [-0.3, -0.25) is 9.59 Å². The van der Waals surface area contributed by atoms with Crippen LogP contribution in [0.1, 0.15) is 26.7 Å². The van der Waals surface area contributed by atoms with Gasteiger partial charge in [0.15, 0.2) is 0 Å². The summed E-state index contributed by atoms with van der Waals surface area (Å²) in [6.45, 7) is 2.92. The molecule has 0 amide bonds. The van der Waals surface area contributed by atoms with Crippen LogP contribution in [0.5, 0.6) is 0 Å². The van der Waals surface area contributed by atoms with Gasteiger partial charge in [-0.2, -0.15) is 0 Å². The first-order valence-electron chi connectivity index (χ1n) is 3.37. The van der Waals surface area contributed by atoms with Crippen molar-refractivity contribution in [2.24, 2.45) is 0 Å². The molecule has 0 saturated carbocycles. The van der Waals surface area contributed by atoms with Crippen molar-refractivity contribution >= 4 is 18.0 Å². The van der Waals surface area contributed by atoms with E-state index in [2.05, 4.69) is 0 Å². The topological polar surface area (TPSA) is 116 Å². The third-order valence-electron chi connectivity index (χ3n) is 0.464. The number of carbonyl (C=O) groups excluding carboxylic acids is 1. The number of carboxylic acid groups (broad SMARTS) is 2. The van der Waals surface area contributed by atoms with E-state index in [-0.39, 0.29) is 0 Å². The molecule has 0 aromatic heterocycles. The van der Waals surface area contributed by atoms with E-state index >= 15 is 0 Å². The van der Waals surface area contributed by atoms with Gasteiger partial charge in [0, 0.05) is 13.3 Å². The molecule has 0 rings (SSSR count). The lowest BCUT2D eigenvalue weighted by Gasteiger charge is -1.79. The zero-order valence-corrected chi connectivity index (χ0v) is 7.53. The Morgan fingerprint density at radius 1 is 1.38 bits per heavy atom. The Balaban J connectivity index is -0.000000125. The van der Waals surface area contributed by atoms with Crippen molar-refractivity contribution in [2.45, 2.75) is 26.7 Å². The van der Waals surface area contributed by atoms with Crippen LogP contribution in [0.25, 0.3) is 0 Å². The molecule has 3 N–H and O–H groups in total. The molecule has 0 fully saturated rings. The molecule has 6 heteroatoms. The standard InChI is InChI=1S/C4H8O2.C2H4O2.CHNO/c1-2-3-4(5)6;1-2(3)4;2-1-3/h2-3H2,1H3,(H,5,6);1H3,(H,3,4);2H. The van der Waals surface area contributed by atoms with Crippen molar-refractivity contribution in [3.05, 3.63) is 0 Å². The molecular formula is C7H13NO5. The van der Waals surface area contributed by atoms with Crippen LogP contribution in [-0.4, -0.2) is 28.2 Å². The quantitative estimate of drug-likeness (QED) is 0.442. The first-order valence-corrected chi connectivity index (χ1v) is 3.37. The number of hydrogen-bond donors (Lipinski definition) is 3. The lowest BCUT2D eigenvalue weighted by atomic mass is 10.4. The fourth-order valence-electron chi connectivity index (χ4n) is 0.214. The normalized spacial score (nSPS) is 6.31. The maximum Gasteiger partial charge on any atom is 0.303 e. The van der Waals surface area contributed by atoms with E-state index in [0.29, 0.717) is 6.42 Å². The molecule has 0 atom stereocenters. The van der Waals surface area contributed by atoms with Gasteiger partial charge >= 0.3 is 5.97 Å². The highest BCUT2D eigenvalue weighted by molar-refractivity contribution is 5.66. The van der Waals surface area contributed by atoms with Crippen molar-refractivity contribution in [2.75, 3.05) is 0 Å². The molecule has 0 aromatic rings. The van der Waals surface area contributed by atoms with E-state index in [0.717, 1.165) is 19.4 Å². The summed E-state index contributed by atoms with van der Waals surface area (Å²) in [7, 11) is 0. The predicted molar refractivity (Wildman–Crippen MR) is 44.3 cm³/mol. The fraction of sp³-hybridized carbons (Fsp3) is 0.571. The Hall–Kier alpha value is -1.68. The number of hydrogen-bond acceptors (Lipinski definition) is 4. The molecule has 0 aromatic carbocycles. The minimum atomic E-state index is -0.833. The van der Waals surface area contributed by atoms with Crippen molar-refractivity contribution in [3.8, 4) is 0 Å². The Kier molecular flexibility index (Phi) is 22.4. The monoisotopic (exact) mass is 191 g/mol. The van der Waals surface area contributed by atoms with Gasteiger partial charge in [0.2, 0.25) is 6.08 Å². The summed E-state index contributed by atoms with van der Waals surface area (Å²) in [4.78, 5) is 26.9. The fourth-order valence-corrected chi connectivity index (χ4v) is 0.214. The van der Waals surface area contributed by atoms with Gasteiger partial charge in [-0.15, -0.1) is 0 Å². The highest BCUT2D eigenvalue weighted by Gasteiger charge is 1.87. The van der Waals surface area contributed by atoms with Gasteiger partial charge in [-0.1, -0.05) is 6.92 Å². The number of carboxylic acids is 2. The van der Waals surface area contributed by atoms with E-state index in [9.17, 15) is 4.79 Å². The molecule has 76 valence electrons. The predicted octanol–water partition coefficient (Wildman–Crippen LogP) is 0.863. The lowest BCUT2D eigenvalue weighted by molar-refractivity contribution is -0.137. The van der Waals surface area contributed by atoms with Crippen LogP contribution < -0.4 is 0 Å². The van der Waals surface area contributed by atoms with Crippen LogP contribution in [0.4, 0.5) is 0 Å². The van der Waals surface area contributed by atoms with Gasteiger partial charge in [0.1, 0.15) is 0 Å². The molecule has 0 saturated heterocycles. The molecule has 0 bridgehead atoms. The van der Waals surface area contributed by atoms with E-state index in [1.165, 1.54) is 0 Å². The molecular weight excluding hydrogens is 178 g/mol. The molecule has 0 spiro atoms. The Labute approximate surface area is 75.7 Å². The number of aliphatic carboxylic acids is 2. The van der Waals surface area contributed by atoms with Crippen LogP contribution in [0.2, 0.25) is 0 Å². The summed E-state index contributed by atoms with van der Waals surface area (Å²) in [5.41, 5.74) is 0. The molecule has 0 aliphatic heterocycles. The number of nitrogens with one attached hydrogen (secondary N) is 1. The summed E-state index contributed by atoms with van der Waals surface area (Å²) < 4.78 is 0. The average Bonchev–Trinajstić information content (AvgIpc) is 1.86. The van der Waals surface area contributed by atoms with E-state index in [1.54, 1.807) is 0 Å². The summed E-state index contributed by atoms with van der Waals surface area (Å²) in [5.74, 6) is -1.54. The van der Waals surface area contributed by atoms with Gasteiger partial charge in [-0.25, -0.2) is 10.2 Å². The van der Waals surface area contributed by atoms with Crippen LogP contribution in [0, 0.1) is 5.41 Å². The third kappa shape index (κ3) is 410. The summed E-state index contributed by atoms with van der Waals surface area (Å²) >= 11 is 0. The van der Waals surface area contributed by atoms with Crippen LogP contribution in [-0.2, 0) is 14.4 Å². The second-order valence-corrected chi connectivity index (χ2v) is 1.76. The first kappa shape index (κ1) is 17.4. The zero-order valence-electron chi connectivity index (χ0n) is 7.53. The van der Waals surface area contributed by atoms with Crippen molar-refractivity contribution in [1.82, 2.24) is 0 Å². The summed E-state index contributed by atoms with van der Waals surface area (Å²) in [6, 6.07) is 0. The SMILES string of the molecule is CC(=O)O.CCCC(=O)O.N=C=O. The third-order valence-corrected chi connectivity index (χ3v) is 0.464. The first-order chi connectivity index (χ1) is 5.92. The molecule has 6 nitrogen and oxygen atoms in total. The number of carbonyl (C=O) groups is 2. The zero-order chi connectivity index (χ0) is 11.3. The molecule has 0 unspecified atom stereocenters.